The highest BCUT2D eigenvalue weighted by molar-refractivity contribution is 5.93. The van der Waals surface area contributed by atoms with E-state index in [1.807, 2.05) is 55.1 Å². The van der Waals surface area contributed by atoms with Gasteiger partial charge in [-0.05, 0) is 63.5 Å². The number of carbonyl (C=O) groups excluding carboxylic acids is 1. The summed E-state index contributed by atoms with van der Waals surface area (Å²) in [5.74, 6) is -0.199. The van der Waals surface area contributed by atoms with Gasteiger partial charge in [0.05, 0.1) is 23.5 Å². The van der Waals surface area contributed by atoms with E-state index in [2.05, 4.69) is 26.0 Å². The maximum Gasteiger partial charge on any atom is 0.274 e. The van der Waals surface area contributed by atoms with Crippen LogP contribution in [0.2, 0.25) is 0 Å². The van der Waals surface area contributed by atoms with Crippen molar-refractivity contribution in [3.63, 3.8) is 0 Å². The van der Waals surface area contributed by atoms with Crippen molar-refractivity contribution in [1.82, 2.24) is 35.4 Å². The Kier molecular flexibility index (Phi) is 6.66. The largest absolute Gasteiger partial charge is 0.344 e. The molecular formula is C20H26ClN7O. The standard InChI is InChI=1S/C20H25N7O.ClH/c1-14(16-5-3-6-18(13-16)26-12-4-9-22-26)23-20(28)19-15(2)27(25-24-19)17-7-10-21-11-8-17;/h3-6,9,12-14,17,21H,7-8,10-11H2,1-2H3,(H,23,28);1H. The van der Waals surface area contributed by atoms with E-state index in [1.165, 1.54) is 0 Å². The van der Waals surface area contributed by atoms with Gasteiger partial charge in [0.2, 0.25) is 0 Å². The number of carbonyl (C=O) groups is 1. The van der Waals surface area contributed by atoms with Crippen LogP contribution in [0.15, 0.2) is 42.7 Å². The fourth-order valence-electron chi connectivity index (χ4n) is 3.66. The number of benzene rings is 1. The Hall–Kier alpha value is -2.71. The second kappa shape index (κ2) is 9.19. The topological polar surface area (TPSA) is 89.7 Å². The van der Waals surface area contributed by atoms with Gasteiger partial charge in [0.15, 0.2) is 5.69 Å². The first kappa shape index (κ1) is 21.0. The highest BCUT2D eigenvalue weighted by Gasteiger charge is 2.23. The third kappa shape index (κ3) is 4.49. The predicted molar refractivity (Wildman–Crippen MR) is 113 cm³/mol. The monoisotopic (exact) mass is 415 g/mol. The number of nitrogens with one attached hydrogen (secondary N) is 2. The van der Waals surface area contributed by atoms with E-state index in [9.17, 15) is 4.79 Å². The molecule has 0 saturated carbocycles. The second-order valence-electron chi connectivity index (χ2n) is 7.19. The van der Waals surface area contributed by atoms with Gasteiger partial charge in [-0.2, -0.15) is 5.10 Å². The van der Waals surface area contributed by atoms with E-state index >= 15 is 0 Å². The number of nitrogens with zero attached hydrogens (tertiary/aromatic N) is 5. The molecule has 1 atom stereocenters. The summed E-state index contributed by atoms with van der Waals surface area (Å²) in [5, 5.41) is 19.1. The Bertz CT molecular complexity index is 948. The minimum absolute atomic E-state index is 0. The zero-order valence-corrected chi connectivity index (χ0v) is 17.4. The fraction of sp³-hybridized carbons (Fsp3) is 0.400. The van der Waals surface area contributed by atoms with Gasteiger partial charge in [0.25, 0.3) is 5.91 Å². The van der Waals surface area contributed by atoms with Crippen LogP contribution in [0.5, 0.6) is 0 Å². The SMILES string of the molecule is Cc1c(C(=O)NC(C)c2cccc(-n3cccn3)c2)nnn1C1CCNCC1.Cl. The summed E-state index contributed by atoms with van der Waals surface area (Å²) in [7, 11) is 0. The van der Waals surface area contributed by atoms with Crippen LogP contribution in [0.4, 0.5) is 0 Å². The molecule has 0 aliphatic carbocycles. The summed E-state index contributed by atoms with van der Waals surface area (Å²) in [6.07, 6.45) is 5.64. The Morgan fingerprint density at radius 3 is 2.79 bits per heavy atom. The quantitative estimate of drug-likeness (QED) is 0.668. The zero-order valence-electron chi connectivity index (χ0n) is 16.6. The maximum atomic E-state index is 12.8. The van der Waals surface area contributed by atoms with Crippen LogP contribution in [0.1, 0.15) is 53.6 Å². The lowest BCUT2D eigenvalue weighted by Gasteiger charge is -2.23. The number of hydrogen-bond donors (Lipinski definition) is 2. The molecule has 1 aromatic carbocycles. The van der Waals surface area contributed by atoms with Crippen LogP contribution in [0.3, 0.4) is 0 Å². The molecule has 8 nitrogen and oxygen atoms in total. The second-order valence-corrected chi connectivity index (χ2v) is 7.19. The van der Waals surface area contributed by atoms with E-state index in [0.717, 1.165) is 42.9 Å². The molecule has 1 aliphatic rings. The summed E-state index contributed by atoms with van der Waals surface area (Å²) < 4.78 is 3.70. The molecule has 2 aromatic heterocycles. The summed E-state index contributed by atoms with van der Waals surface area (Å²) in [6, 6.07) is 10.00. The van der Waals surface area contributed by atoms with Gasteiger partial charge in [-0.3, -0.25) is 4.79 Å². The molecule has 0 radical (unpaired) electrons. The van der Waals surface area contributed by atoms with E-state index in [-0.39, 0.29) is 24.4 Å². The summed E-state index contributed by atoms with van der Waals surface area (Å²) in [5.41, 5.74) is 3.18. The average molecular weight is 416 g/mol. The van der Waals surface area contributed by atoms with Crippen molar-refractivity contribution in [2.24, 2.45) is 0 Å². The van der Waals surface area contributed by atoms with Crippen LogP contribution < -0.4 is 10.6 Å². The smallest absolute Gasteiger partial charge is 0.274 e. The first-order chi connectivity index (χ1) is 13.6. The van der Waals surface area contributed by atoms with Gasteiger partial charge in [0, 0.05) is 12.4 Å². The van der Waals surface area contributed by atoms with Gasteiger partial charge >= 0.3 is 0 Å². The van der Waals surface area contributed by atoms with Crippen LogP contribution in [-0.2, 0) is 0 Å². The summed E-state index contributed by atoms with van der Waals surface area (Å²) in [6.45, 7) is 5.82. The minimum Gasteiger partial charge on any atom is -0.344 e. The van der Waals surface area contributed by atoms with E-state index < -0.39 is 0 Å². The lowest BCUT2D eigenvalue weighted by molar-refractivity contribution is 0.0934. The molecule has 3 aromatic rings. The molecule has 4 rings (SSSR count). The van der Waals surface area contributed by atoms with Crippen molar-refractivity contribution in [3.05, 3.63) is 59.7 Å². The number of piperidine rings is 1. The molecule has 154 valence electrons. The van der Waals surface area contributed by atoms with Crippen LogP contribution in [0, 0.1) is 6.92 Å². The average Bonchev–Trinajstić information content (AvgIpc) is 3.39. The normalized spacial score (nSPS) is 15.5. The lowest BCUT2D eigenvalue weighted by atomic mass is 10.1. The molecule has 9 heteroatoms. The molecule has 3 heterocycles. The van der Waals surface area contributed by atoms with E-state index in [1.54, 1.807) is 10.9 Å². The van der Waals surface area contributed by atoms with Crippen LogP contribution in [-0.4, -0.2) is 43.8 Å². The van der Waals surface area contributed by atoms with E-state index in [4.69, 9.17) is 0 Å². The fourth-order valence-corrected chi connectivity index (χ4v) is 3.66. The van der Waals surface area contributed by atoms with Crippen molar-refractivity contribution >= 4 is 18.3 Å². The number of hydrogen-bond acceptors (Lipinski definition) is 5. The Balaban J connectivity index is 0.00000240. The van der Waals surface area contributed by atoms with Gasteiger partial charge in [-0.1, -0.05) is 17.3 Å². The minimum atomic E-state index is -0.199. The first-order valence-corrected chi connectivity index (χ1v) is 9.67. The maximum absolute atomic E-state index is 12.8. The highest BCUT2D eigenvalue weighted by atomic mass is 35.5. The third-order valence-corrected chi connectivity index (χ3v) is 5.28. The van der Waals surface area contributed by atoms with Crippen molar-refractivity contribution in [2.75, 3.05) is 13.1 Å². The summed E-state index contributed by atoms with van der Waals surface area (Å²) >= 11 is 0. The van der Waals surface area contributed by atoms with Crippen molar-refractivity contribution in [2.45, 2.75) is 38.8 Å². The van der Waals surface area contributed by atoms with Gasteiger partial charge < -0.3 is 10.6 Å². The molecule has 1 saturated heterocycles. The lowest BCUT2D eigenvalue weighted by Crippen LogP contribution is -2.31. The Labute approximate surface area is 176 Å². The molecule has 2 N–H and O–H groups in total. The Morgan fingerprint density at radius 2 is 2.07 bits per heavy atom. The molecule has 1 unspecified atom stereocenters. The van der Waals surface area contributed by atoms with Gasteiger partial charge in [-0.15, -0.1) is 17.5 Å². The van der Waals surface area contributed by atoms with Crippen molar-refractivity contribution in [1.29, 1.82) is 0 Å². The number of halogens is 1. The van der Waals surface area contributed by atoms with Crippen molar-refractivity contribution < 1.29 is 4.79 Å². The first-order valence-electron chi connectivity index (χ1n) is 9.67. The Morgan fingerprint density at radius 1 is 1.28 bits per heavy atom. The van der Waals surface area contributed by atoms with Gasteiger partial charge in [-0.25, -0.2) is 9.36 Å². The van der Waals surface area contributed by atoms with E-state index in [0.29, 0.717) is 11.7 Å². The van der Waals surface area contributed by atoms with Crippen LogP contribution in [0.25, 0.3) is 5.69 Å². The molecular weight excluding hydrogens is 390 g/mol. The molecule has 1 fully saturated rings. The number of rotatable bonds is 5. The molecule has 0 bridgehead atoms. The number of amides is 1. The molecule has 1 amide bonds. The number of aromatic nitrogens is 5. The highest BCUT2D eigenvalue weighted by Crippen LogP contribution is 2.21. The van der Waals surface area contributed by atoms with Crippen LogP contribution >= 0.6 is 12.4 Å². The zero-order chi connectivity index (χ0) is 19.5. The molecule has 29 heavy (non-hydrogen) atoms. The summed E-state index contributed by atoms with van der Waals surface area (Å²) in [4.78, 5) is 12.8. The molecule has 1 aliphatic heterocycles. The third-order valence-electron chi connectivity index (χ3n) is 5.28. The van der Waals surface area contributed by atoms with Gasteiger partial charge in [0.1, 0.15) is 0 Å². The predicted octanol–water partition coefficient (Wildman–Crippen LogP) is 2.61. The molecule has 0 spiro atoms. The van der Waals surface area contributed by atoms with Crippen molar-refractivity contribution in [3.8, 4) is 5.69 Å².